The van der Waals surface area contributed by atoms with Crippen LogP contribution in [-0.2, 0) is 9.47 Å². The largest absolute Gasteiger partial charge is 0.379 e. The van der Waals surface area contributed by atoms with Crippen LogP contribution in [0.25, 0.3) is 0 Å². The first-order valence-electron chi connectivity index (χ1n) is 9.31. The molecule has 0 radical (unpaired) electrons. The van der Waals surface area contributed by atoms with Crippen molar-refractivity contribution >= 4 is 0 Å². The summed E-state index contributed by atoms with van der Waals surface area (Å²) in [5, 5.41) is 0. The zero-order chi connectivity index (χ0) is 17.3. The van der Waals surface area contributed by atoms with Crippen LogP contribution in [0.4, 0.5) is 0 Å². The van der Waals surface area contributed by atoms with E-state index < -0.39 is 0 Å². The quantitative estimate of drug-likeness (QED) is 0.434. The molecular weight excluding hydrogens is 272 g/mol. The molecule has 0 spiro atoms. The van der Waals surface area contributed by atoms with Gasteiger partial charge in [-0.15, -0.1) is 0 Å². The summed E-state index contributed by atoms with van der Waals surface area (Å²) in [6.45, 7) is 20.9. The van der Waals surface area contributed by atoms with Crippen molar-refractivity contribution in [3.8, 4) is 0 Å². The first-order valence-corrected chi connectivity index (χ1v) is 9.31. The van der Waals surface area contributed by atoms with Gasteiger partial charge in [0.2, 0.25) is 0 Å². The summed E-state index contributed by atoms with van der Waals surface area (Å²) in [6.07, 6.45) is 5.23. The van der Waals surface area contributed by atoms with Crippen LogP contribution in [0.1, 0.15) is 88.0 Å². The van der Waals surface area contributed by atoms with E-state index in [1.54, 1.807) is 0 Å². The van der Waals surface area contributed by atoms with Gasteiger partial charge in [0.25, 0.3) is 0 Å². The summed E-state index contributed by atoms with van der Waals surface area (Å²) < 4.78 is 12.2. The van der Waals surface area contributed by atoms with E-state index in [1.807, 2.05) is 0 Å². The van der Waals surface area contributed by atoms with E-state index in [1.165, 1.54) is 12.8 Å². The van der Waals surface area contributed by atoms with Gasteiger partial charge in [-0.2, -0.15) is 0 Å². The summed E-state index contributed by atoms with van der Waals surface area (Å²) in [4.78, 5) is 0. The Morgan fingerprint density at radius 2 is 1.32 bits per heavy atom. The van der Waals surface area contributed by atoms with E-state index in [0.717, 1.165) is 31.3 Å². The molecule has 0 aliphatic heterocycles. The predicted octanol–water partition coefficient (Wildman–Crippen LogP) is 6.08. The molecule has 2 unspecified atom stereocenters. The Morgan fingerprint density at radius 1 is 0.773 bits per heavy atom. The maximum absolute atomic E-state index is 6.50. The van der Waals surface area contributed by atoms with Gasteiger partial charge in [0.05, 0.1) is 17.8 Å². The summed E-state index contributed by atoms with van der Waals surface area (Å²) >= 11 is 0. The predicted molar refractivity (Wildman–Crippen MR) is 97.3 cm³/mol. The molecule has 0 aliphatic rings. The molecule has 0 N–H and O–H groups in total. The third-order valence-corrected chi connectivity index (χ3v) is 3.91. The van der Waals surface area contributed by atoms with E-state index in [0.29, 0.717) is 18.1 Å². The fourth-order valence-electron chi connectivity index (χ4n) is 3.12. The van der Waals surface area contributed by atoms with E-state index in [-0.39, 0.29) is 5.60 Å². The van der Waals surface area contributed by atoms with Crippen molar-refractivity contribution in [2.45, 2.75) is 106 Å². The standard InChI is InChI=1S/C20H42O2/c1-15(2)12-18(7)14-19(13-16(3)4)22-20(8,9)10-11-21-17(5)6/h15-19H,10-14H2,1-9H3. The fraction of sp³-hybridized carbons (Fsp3) is 1.00. The van der Waals surface area contributed by atoms with Gasteiger partial charge < -0.3 is 9.47 Å². The molecular formula is C20H42O2. The van der Waals surface area contributed by atoms with Crippen LogP contribution in [0.2, 0.25) is 0 Å². The molecule has 134 valence electrons. The molecule has 0 aromatic carbocycles. The third-order valence-electron chi connectivity index (χ3n) is 3.91. The molecule has 0 heterocycles. The molecule has 0 aromatic rings. The molecule has 2 heteroatoms. The van der Waals surface area contributed by atoms with E-state index >= 15 is 0 Å². The molecule has 0 amide bonds. The molecule has 0 saturated heterocycles. The second-order valence-electron chi connectivity index (χ2n) is 8.77. The Bertz CT molecular complexity index is 269. The van der Waals surface area contributed by atoms with Gasteiger partial charge >= 0.3 is 0 Å². The second-order valence-corrected chi connectivity index (χ2v) is 8.77. The van der Waals surface area contributed by atoms with Gasteiger partial charge in [-0.3, -0.25) is 0 Å². The van der Waals surface area contributed by atoms with Crippen molar-refractivity contribution in [1.82, 2.24) is 0 Å². The topological polar surface area (TPSA) is 18.5 Å². The number of hydrogen-bond donors (Lipinski definition) is 0. The molecule has 22 heavy (non-hydrogen) atoms. The van der Waals surface area contributed by atoms with Gasteiger partial charge in [0.15, 0.2) is 0 Å². The Hall–Kier alpha value is -0.0800. The third kappa shape index (κ3) is 12.5. The summed E-state index contributed by atoms with van der Waals surface area (Å²) in [6, 6.07) is 0. The molecule has 2 nitrogen and oxygen atoms in total. The Kier molecular flexibility index (Phi) is 10.6. The zero-order valence-electron chi connectivity index (χ0n) is 16.7. The van der Waals surface area contributed by atoms with Crippen molar-refractivity contribution in [2.75, 3.05) is 6.61 Å². The molecule has 2 atom stereocenters. The molecule has 0 aromatic heterocycles. The first kappa shape index (κ1) is 21.9. The zero-order valence-corrected chi connectivity index (χ0v) is 16.7. The van der Waals surface area contributed by atoms with Crippen molar-refractivity contribution in [1.29, 1.82) is 0 Å². The monoisotopic (exact) mass is 314 g/mol. The van der Waals surface area contributed by atoms with Crippen LogP contribution in [0, 0.1) is 17.8 Å². The molecule has 0 aliphatic carbocycles. The summed E-state index contributed by atoms with van der Waals surface area (Å²) in [5.74, 6) is 2.17. The lowest BCUT2D eigenvalue weighted by Crippen LogP contribution is -2.34. The van der Waals surface area contributed by atoms with Crippen LogP contribution in [0.15, 0.2) is 0 Å². The Balaban J connectivity index is 4.48. The normalized spacial score (nSPS) is 15.8. The summed E-state index contributed by atoms with van der Waals surface area (Å²) in [5.41, 5.74) is -0.105. The van der Waals surface area contributed by atoms with Crippen molar-refractivity contribution in [3.05, 3.63) is 0 Å². The van der Waals surface area contributed by atoms with Crippen LogP contribution in [-0.4, -0.2) is 24.4 Å². The Morgan fingerprint density at radius 3 is 1.77 bits per heavy atom. The van der Waals surface area contributed by atoms with Gasteiger partial charge in [-0.25, -0.2) is 0 Å². The number of rotatable bonds is 12. The van der Waals surface area contributed by atoms with E-state index in [9.17, 15) is 0 Å². The fourth-order valence-corrected chi connectivity index (χ4v) is 3.12. The highest BCUT2D eigenvalue weighted by molar-refractivity contribution is 4.75. The lowest BCUT2D eigenvalue weighted by atomic mass is 9.90. The van der Waals surface area contributed by atoms with Gasteiger partial charge in [0, 0.05) is 6.61 Å². The highest BCUT2D eigenvalue weighted by atomic mass is 16.5. The number of ether oxygens (including phenoxy) is 2. The second kappa shape index (κ2) is 10.6. The lowest BCUT2D eigenvalue weighted by molar-refractivity contribution is -0.102. The van der Waals surface area contributed by atoms with Crippen LogP contribution < -0.4 is 0 Å². The summed E-state index contributed by atoms with van der Waals surface area (Å²) in [7, 11) is 0. The van der Waals surface area contributed by atoms with Crippen LogP contribution in [0.3, 0.4) is 0 Å². The van der Waals surface area contributed by atoms with Gasteiger partial charge in [-0.05, 0) is 71.1 Å². The van der Waals surface area contributed by atoms with Crippen molar-refractivity contribution < 1.29 is 9.47 Å². The highest BCUT2D eigenvalue weighted by Crippen LogP contribution is 2.27. The molecule has 0 fully saturated rings. The molecule has 0 bridgehead atoms. The highest BCUT2D eigenvalue weighted by Gasteiger charge is 2.26. The first-order chi connectivity index (χ1) is 10.0. The van der Waals surface area contributed by atoms with Gasteiger partial charge in [0.1, 0.15) is 0 Å². The van der Waals surface area contributed by atoms with Crippen molar-refractivity contribution in [3.63, 3.8) is 0 Å². The molecule has 0 saturated carbocycles. The minimum atomic E-state index is -0.105. The number of hydrogen-bond acceptors (Lipinski definition) is 2. The lowest BCUT2D eigenvalue weighted by Gasteiger charge is -2.33. The average molecular weight is 315 g/mol. The SMILES string of the molecule is CC(C)CC(C)CC(CC(C)C)OC(C)(C)CCOC(C)C. The maximum Gasteiger partial charge on any atom is 0.0652 e. The van der Waals surface area contributed by atoms with E-state index in [4.69, 9.17) is 9.47 Å². The maximum atomic E-state index is 6.50. The minimum absolute atomic E-state index is 0.105. The molecule has 0 rings (SSSR count). The smallest absolute Gasteiger partial charge is 0.0652 e. The van der Waals surface area contributed by atoms with E-state index in [2.05, 4.69) is 62.3 Å². The Labute approximate surface area is 140 Å². The van der Waals surface area contributed by atoms with Gasteiger partial charge in [-0.1, -0.05) is 34.6 Å². The van der Waals surface area contributed by atoms with Crippen LogP contribution >= 0.6 is 0 Å². The van der Waals surface area contributed by atoms with Crippen LogP contribution in [0.5, 0.6) is 0 Å². The average Bonchev–Trinajstić information content (AvgIpc) is 2.24. The van der Waals surface area contributed by atoms with Crippen molar-refractivity contribution in [2.24, 2.45) is 17.8 Å². The minimum Gasteiger partial charge on any atom is -0.379 e.